The highest BCUT2D eigenvalue weighted by atomic mass is 16.5. The topological polar surface area (TPSA) is 56.1 Å². The molecule has 1 saturated heterocycles. The van der Waals surface area contributed by atoms with Crippen LogP contribution in [0.4, 0.5) is 0 Å². The summed E-state index contributed by atoms with van der Waals surface area (Å²) in [6.07, 6.45) is 1.13. The van der Waals surface area contributed by atoms with Gasteiger partial charge in [-0.05, 0) is 31.4 Å². The number of hydrogen-bond acceptors (Lipinski definition) is 4. The molecule has 1 aromatic carbocycles. The van der Waals surface area contributed by atoms with E-state index in [9.17, 15) is 4.79 Å². The molecule has 112 valence electrons. The molecular weight excluding hydrogens is 266 g/mol. The van der Waals surface area contributed by atoms with E-state index in [1.54, 1.807) is 6.92 Å². The first kappa shape index (κ1) is 14.2. The lowest BCUT2D eigenvalue weighted by molar-refractivity contribution is 0.185. The molecule has 2 aromatic rings. The van der Waals surface area contributed by atoms with Gasteiger partial charge in [0.2, 0.25) is 0 Å². The number of rotatable bonds is 5. The maximum absolute atomic E-state index is 12.3. The Bertz CT molecular complexity index is 675. The van der Waals surface area contributed by atoms with Crippen LogP contribution in [0.25, 0.3) is 11.0 Å². The molecule has 0 amide bonds. The summed E-state index contributed by atoms with van der Waals surface area (Å²) < 4.78 is 7.18. The molecule has 0 spiro atoms. The fourth-order valence-corrected chi connectivity index (χ4v) is 2.78. The first-order valence-corrected chi connectivity index (χ1v) is 7.50. The van der Waals surface area contributed by atoms with Crippen LogP contribution in [0.15, 0.2) is 29.1 Å². The summed E-state index contributed by atoms with van der Waals surface area (Å²) in [7, 11) is 0. The number of nitrogens with zero attached hydrogens (tertiary/aromatic N) is 2. The SMILES string of the molecule is Cc1nc2ccccc2n(CCNCC2CCOC2)c1=O. The van der Waals surface area contributed by atoms with Crippen LogP contribution in [0, 0.1) is 12.8 Å². The summed E-state index contributed by atoms with van der Waals surface area (Å²) in [5.41, 5.74) is 2.33. The molecule has 5 heteroatoms. The highest BCUT2D eigenvalue weighted by Gasteiger charge is 2.14. The van der Waals surface area contributed by atoms with Gasteiger partial charge in [0.25, 0.3) is 5.56 Å². The van der Waals surface area contributed by atoms with E-state index < -0.39 is 0 Å². The summed E-state index contributed by atoms with van der Waals surface area (Å²) in [6, 6.07) is 7.79. The Morgan fingerprint density at radius 3 is 3.10 bits per heavy atom. The minimum absolute atomic E-state index is 0.000278. The van der Waals surface area contributed by atoms with Crippen molar-refractivity contribution >= 4 is 11.0 Å². The lowest BCUT2D eigenvalue weighted by Crippen LogP contribution is -2.31. The summed E-state index contributed by atoms with van der Waals surface area (Å²) in [5, 5.41) is 3.43. The Morgan fingerprint density at radius 2 is 2.29 bits per heavy atom. The molecule has 2 heterocycles. The van der Waals surface area contributed by atoms with Crippen molar-refractivity contribution in [2.45, 2.75) is 19.9 Å². The lowest BCUT2D eigenvalue weighted by Gasteiger charge is -2.13. The van der Waals surface area contributed by atoms with Gasteiger partial charge in [0, 0.05) is 26.2 Å². The monoisotopic (exact) mass is 287 g/mol. The predicted molar refractivity (Wildman–Crippen MR) is 82.5 cm³/mol. The zero-order valence-electron chi connectivity index (χ0n) is 12.3. The molecule has 21 heavy (non-hydrogen) atoms. The van der Waals surface area contributed by atoms with Crippen LogP contribution in [0.1, 0.15) is 12.1 Å². The Morgan fingerprint density at radius 1 is 1.43 bits per heavy atom. The third kappa shape index (κ3) is 3.14. The second-order valence-electron chi connectivity index (χ2n) is 5.58. The molecule has 1 atom stereocenters. The minimum atomic E-state index is -0.000278. The fourth-order valence-electron chi connectivity index (χ4n) is 2.78. The molecule has 1 N–H and O–H groups in total. The van der Waals surface area contributed by atoms with E-state index in [1.807, 2.05) is 28.8 Å². The Hall–Kier alpha value is -1.72. The van der Waals surface area contributed by atoms with Crippen LogP contribution in [-0.2, 0) is 11.3 Å². The second kappa shape index (κ2) is 6.37. The van der Waals surface area contributed by atoms with Gasteiger partial charge < -0.3 is 14.6 Å². The third-order valence-electron chi connectivity index (χ3n) is 3.98. The number of hydrogen-bond donors (Lipinski definition) is 1. The minimum Gasteiger partial charge on any atom is -0.381 e. The Labute approximate surface area is 124 Å². The van der Waals surface area contributed by atoms with Crippen molar-refractivity contribution in [3.63, 3.8) is 0 Å². The Balaban J connectivity index is 1.70. The maximum atomic E-state index is 12.3. The zero-order chi connectivity index (χ0) is 14.7. The van der Waals surface area contributed by atoms with Crippen molar-refractivity contribution in [1.29, 1.82) is 0 Å². The molecule has 3 rings (SSSR count). The average Bonchev–Trinajstić information content (AvgIpc) is 3.00. The molecule has 1 aliphatic rings. The van der Waals surface area contributed by atoms with Crippen LogP contribution in [0.5, 0.6) is 0 Å². The predicted octanol–water partition coefficient (Wildman–Crippen LogP) is 1.33. The number of nitrogens with one attached hydrogen (secondary N) is 1. The summed E-state index contributed by atoms with van der Waals surface area (Å²) in [5.74, 6) is 0.609. The number of ether oxygens (including phenoxy) is 1. The van der Waals surface area contributed by atoms with Gasteiger partial charge in [-0.3, -0.25) is 4.79 Å². The molecule has 1 fully saturated rings. The van der Waals surface area contributed by atoms with Crippen molar-refractivity contribution in [3.05, 3.63) is 40.3 Å². The smallest absolute Gasteiger partial charge is 0.272 e. The zero-order valence-corrected chi connectivity index (χ0v) is 12.3. The van der Waals surface area contributed by atoms with Gasteiger partial charge in [0.05, 0.1) is 17.6 Å². The van der Waals surface area contributed by atoms with Gasteiger partial charge in [-0.1, -0.05) is 12.1 Å². The maximum Gasteiger partial charge on any atom is 0.272 e. The number of aryl methyl sites for hydroxylation is 1. The van der Waals surface area contributed by atoms with Gasteiger partial charge in [0.15, 0.2) is 0 Å². The number of fused-ring (bicyclic) bond motifs is 1. The van der Waals surface area contributed by atoms with E-state index in [4.69, 9.17) is 4.74 Å². The molecule has 1 unspecified atom stereocenters. The van der Waals surface area contributed by atoms with Crippen molar-refractivity contribution in [2.75, 3.05) is 26.3 Å². The second-order valence-corrected chi connectivity index (χ2v) is 5.58. The Kier molecular flexibility index (Phi) is 4.31. The number of aromatic nitrogens is 2. The molecular formula is C16H21N3O2. The number of para-hydroxylation sites is 2. The van der Waals surface area contributed by atoms with Crippen LogP contribution < -0.4 is 10.9 Å². The van der Waals surface area contributed by atoms with E-state index in [1.165, 1.54) is 0 Å². The van der Waals surface area contributed by atoms with E-state index >= 15 is 0 Å². The molecule has 1 aliphatic heterocycles. The van der Waals surface area contributed by atoms with Crippen molar-refractivity contribution < 1.29 is 4.74 Å². The summed E-state index contributed by atoms with van der Waals surface area (Å²) in [6.45, 7) is 5.90. The van der Waals surface area contributed by atoms with Crippen LogP contribution in [-0.4, -0.2) is 35.9 Å². The largest absolute Gasteiger partial charge is 0.381 e. The first-order chi connectivity index (χ1) is 10.3. The lowest BCUT2D eigenvalue weighted by atomic mass is 10.1. The van der Waals surface area contributed by atoms with Crippen molar-refractivity contribution in [3.8, 4) is 0 Å². The molecule has 0 bridgehead atoms. The quantitative estimate of drug-likeness (QED) is 0.843. The van der Waals surface area contributed by atoms with E-state index in [0.29, 0.717) is 18.2 Å². The van der Waals surface area contributed by atoms with Crippen LogP contribution >= 0.6 is 0 Å². The molecule has 1 aromatic heterocycles. The van der Waals surface area contributed by atoms with Gasteiger partial charge >= 0.3 is 0 Å². The van der Waals surface area contributed by atoms with E-state index in [0.717, 1.165) is 43.8 Å². The van der Waals surface area contributed by atoms with Crippen LogP contribution in [0.3, 0.4) is 0 Å². The van der Waals surface area contributed by atoms with Gasteiger partial charge in [-0.15, -0.1) is 0 Å². The van der Waals surface area contributed by atoms with Gasteiger partial charge in [-0.2, -0.15) is 0 Å². The number of benzene rings is 1. The average molecular weight is 287 g/mol. The van der Waals surface area contributed by atoms with E-state index in [2.05, 4.69) is 10.3 Å². The van der Waals surface area contributed by atoms with Crippen molar-refractivity contribution in [2.24, 2.45) is 5.92 Å². The highest BCUT2D eigenvalue weighted by molar-refractivity contribution is 5.74. The van der Waals surface area contributed by atoms with Gasteiger partial charge in [0.1, 0.15) is 5.69 Å². The third-order valence-corrected chi connectivity index (χ3v) is 3.98. The first-order valence-electron chi connectivity index (χ1n) is 7.50. The van der Waals surface area contributed by atoms with E-state index in [-0.39, 0.29) is 5.56 Å². The fraction of sp³-hybridized carbons (Fsp3) is 0.500. The summed E-state index contributed by atoms with van der Waals surface area (Å²) in [4.78, 5) is 16.6. The molecule has 0 radical (unpaired) electrons. The van der Waals surface area contributed by atoms with Crippen molar-refractivity contribution in [1.82, 2.24) is 14.9 Å². The normalized spacial score (nSPS) is 18.4. The standard InChI is InChI=1S/C16H21N3O2/c1-12-16(20)19(15-5-3-2-4-14(15)18-12)8-7-17-10-13-6-9-21-11-13/h2-5,13,17H,6-11H2,1H3. The molecule has 0 aliphatic carbocycles. The summed E-state index contributed by atoms with van der Waals surface area (Å²) >= 11 is 0. The molecule has 0 saturated carbocycles. The van der Waals surface area contributed by atoms with Gasteiger partial charge in [-0.25, -0.2) is 4.98 Å². The molecule has 5 nitrogen and oxygen atoms in total. The highest BCUT2D eigenvalue weighted by Crippen LogP contribution is 2.11. The van der Waals surface area contributed by atoms with Crippen LogP contribution in [0.2, 0.25) is 0 Å².